The SMILES string of the molecule is CC/C=C/C/C=C/C/C=C/CCCC(=O)OC(COCCC(C(=O)[O-])[N+](C)(C)C)COC(=O)CCCCCCCCCCCC/C=C/C=C/CCCCCC. The molecule has 0 aromatic carbocycles. The van der Waals surface area contributed by atoms with Crippen molar-refractivity contribution in [3.63, 3.8) is 0 Å². The number of carbonyl (C=O) groups excluding carboxylic acids is 3. The van der Waals surface area contributed by atoms with Crippen molar-refractivity contribution in [3.8, 4) is 0 Å². The van der Waals surface area contributed by atoms with Crippen LogP contribution in [-0.4, -0.2) is 75.5 Å². The number of carbonyl (C=O) groups is 3. The molecule has 0 bridgehead atoms. The molecule has 2 atom stereocenters. The van der Waals surface area contributed by atoms with Crippen molar-refractivity contribution in [1.82, 2.24) is 0 Å². The number of aliphatic carboxylic acids is 1. The molecular formula is C47H81NO7. The average Bonchev–Trinajstić information content (AvgIpc) is 3.14. The van der Waals surface area contributed by atoms with Crippen molar-refractivity contribution in [2.24, 2.45) is 0 Å². The number of unbranched alkanes of at least 4 members (excludes halogenated alkanes) is 15. The first-order valence-corrected chi connectivity index (χ1v) is 21.8. The van der Waals surface area contributed by atoms with E-state index in [2.05, 4.69) is 74.6 Å². The summed E-state index contributed by atoms with van der Waals surface area (Å²) in [7, 11) is 5.38. The Kier molecular flexibility index (Phi) is 35.9. The molecule has 0 N–H and O–H groups in total. The normalized spacial score (nSPS) is 13.5. The fourth-order valence-corrected chi connectivity index (χ4v) is 6.03. The molecule has 0 aromatic heterocycles. The molecule has 0 radical (unpaired) electrons. The van der Waals surface area contributed by atoms with Gasteiger partial charge in [0.25, 0.3) is 0 Å². The van der Waals surface area contributed by atoms with Gasteiger partial charge in [0.1, 0.15) is 12.6 Å². The Hall–Kier alpha value is -2.97. The van der Waals surface area contributed by atoms with E-state index in [1.54, 1.807) is 21.1 Å². The van der Waals surface area contributed by atoms with Gasteiger partial charge >= 0.3 is 11.9 Å². The number of carboxylic acid groups (broad SMARTS) is 1. The van der Waals surface area contributed by atoms with Crippen LogP contribution in [0.3, 0.4) is 0 Å². The predicted octanol–water partition coefficient (Wildman–Crippen LogP) is 10.5. The number of hydrogen-bond acceptors (Lipinski definition) is 7. The van der Waals surface area contributed by atoms with Gasteiger partial charge in [0.15, 0.2) is 6.10 Å². The van der Waals surface area contributed by atoms with E-state index in [-0.39, 0.29) is 49.1 Å². The number of quaternary nitrogens is 1. The Morgan fingerprint density at radius 1 is 0.582 bits per heavy atom. The van der Waals surface area contributed by atoms with Gasteiger partial charge in [0, 0.05) is 19.3 Å². The molecule has 0 amide bonds. The van der Waals surface area contributed by atoms with Gasteiger partial charge in [0.2, 0.25) is 0 Å². The largest absolute Gasteiger partial charge is 0.544 e. The minimum Gasteiger partial charge on any atom is -0.544 e. The number of ether oxygens (including phenoxy) is 3. The van der Waals surface area contributed by atoms with E-state index in [1.807, 2.05) is 0 Å². The summed E-state index contributed by atoms with van der Waals surface area (Å²) in [6.45, 7) is 4.45. The maximum Gasteiger partial charge on any atom is 0.306 e. The fraction of sp³-hybridized carbons (Fsp3) is 0.723. The Labute approximate surface area is 337 Å². The molecule has 8 heteroatoms. The van der Waals surface area contributed by atoms with Gasteiger partial charge in [-0.15, -0.1) is 0 Å². The zero-order valence-corrected chi connectivity index (χ0v) is 35.8. The molecule has 0 aromatic rings. The zero-order chi connectivity index (χ0) is 40.7. The first kappa shape index (κ1) is 52.0. The molecule has 0 fully saturated rings. The summed E-state index contributed by atoms with van der Waals surface area (Å²) >= 11 is 0. The van der Waals surface area contributed by atoms with Crippen LogP contribution in [0.2, 0.25) is 0 Å². The zero-order valence-electron chi connectivity index (χ0n) is 35.8. The second-order valence-corrected chi connectivity index (χ2v) is 15.6. The molecule has 0 rings (SSSR count). The van der Waals surface area contributed by atoms with Crippen LogP contribution in [0.15, 0.2) is 60.8 Å². The van der Waals surface area contributed by atoms with Gasteiger partial charge in [-0.3, -0.25) is 9.59 Å². The lowest BCUT2D eigenvalue weighted by Crippen LogP contribution is -2.55. The van der Waals surface area contributed by atoms with Crippen molar-refractivity contribution < 1.29 is 38.2 Å². The van der Waals surface area contributed by atoms with Gasteiger partial charge in [-0.05, 0) is 64.2 Å². The Morgan fingerprint density at radius 2 is 1.09 bits per heavy atom. The predicted molar refractivity (Wildman–Crippen MR) is 226 cm³/mol. The van der Waals surface area contributed by atoms with E-state index >= 15 is 0 Å². The number of hydrogen-bond donors (Lipinski definition) is 0. The van der Waals surface area contributed by atoms with E-state index in [9.17, 15) is 19.5 Å². The van der Waals surface area contributed by atoms with Crippen LogP contribution < -0.4 is 5.11 Å². The average molecular weight is 772 g/mol. The highest BCUT2D eigenvalue weighted by molar-refractivity contribution is 5.70. The standard InChI is InChI=1S/C47H81NO7/c1-6-8-10-12-14-16-18-19-20-21-22-23-24-25-26-28-29-31-33-35-37-45(49)54-42-43(41-53-40-39-44(47(51)52)48(3,4)5)55-46(50)38-36-34-32-30-27-17-15-13-11-9-7-2/h9,11,15-20,30,32,43-44H,6-8,10,12-14,21-29,31,33-42H2,1-5H3/b11-9+,17-15+,18-16+,20-19+,32-30+. The summed E-state index contributed by atoms with van der Waals surface area (Å²) in [5.41, 5.74) is 0. The first-order valence-electron chi connectivity index (χ1n) is 21.8. The number of likely N-dealkylation sites (N-methyl/N-ethyl adjacent to an activating group) is 1. The molecule has 8 nitrogen and oxygen atoms in total. The van der Waals surface area contributed by atoms with Crippen molar-refractivity contribution >= 4 is 17.9 Å². The van der Waals surface area contributed by atoms with E-state index in [0.717, 1.165) is 44.9 Å². The second kappa shape index (κ2) is 37.9. The third-order valence-electron chi connectivity index (χ3n) is 9.42. The molecule has 0 heterocycles. The minimum absolute atomic E-state index is 0.0174. The smallest absolute Gasteiger partial charge is 0.306 e. The van der Waals surface area contributed by atoms with Crippen LogP contribution in [0.25, 0.3) is 0 Å². The van der Waals surface area contributed by atoms with Gasteiger partial charge in [-0.25, -0.2) is 0 Å². The van der Waals surface area contributed by atoms with Crippen LogP contribution in [0.5, 0.6) is 0 Å². The molecule has 0 aliphatic rings. The maximum atomic E-state index is 12.6. The van der Waals surface area contributed by atoms with Crippen LogP contribution in [-0.2, 0) is 28.6 Å². The first-order chi connectivity index (χ1) is 26.6. The lowest BCUT2D eigenvalue weighted by molar-refractivity contribution is -0.889. The van der Waals surface area contributed by atoms with Crippen molar-refractivity contribution in [2.45, 2.75) is 180 Å². The second-order valence-electron chi connectivity index (χ2n) is 15.6. The van der Waals surface area contributed by atoms with Crippen molar-refractivity contribution in [1.29, 1.82) is 0 Å². The molecule has 316 valence electrons. The quantitative estimate of drug-likeness (QED) is 0.0202. The molecule has 0 saturated heterocycles. The van der Waals surface area contributed by atoms with E-state index in [4.69, 9.17) is 14.2 Å². The van der Waals surface area contributed by atoms with Crippen molar-refractivity contribution in [2.75, 3.05) is 41.0 Å². The lowest BCUT2D eigenvalue weighted by atomic mass is 10.1. The summed E-state index contributed by atoms with van der Waals surface area (Å²) in [4.78, 5) is 36.7. The minimum atomic E-state index is -1.14. The third kappa shape index (κ3) is 36.4. The maximum absolute atomic E-state index is 12.6. The monoisotopic (exact) mass is 772 g/mol. The van der Waals surface area contributed by atoms with Crippen molar-refractivity contribution in [3.05, 3.63) is 60.8 Å². The molecule has 0 aliphatic carbocycles. The van der Waals surface area contributed by atoms with Gasteiger partial charge in [-0.2, -0.15) is 0 Å². The van der Waals surface area contributed by atoms with Crippen LogP contribution in [0, 0.1) is 0 Å². The Morgan fingerprint density at radius 3 is 1.65 bits per heavy atom. The summed E-state index contributed by atoms with van der Waals surface area (Å²) in [5, 5.41) is 11.6. The summed E-state index contributed by atoms with van der Waals surface area (Å²) in [6, 6.07) is -0.736. The van der Waals surface area contributed by atoms with Gasteiger partial charge < -0.3 is 28.6 Å². The molecule has 0 saturated carbocycles. The number of nitrogens with zero attached hydrogens (tertiary/aromatic N) is 1. The highest BCUT2D eigenvalue weighted by Gasteiger charge is 2.25. The van der Waals surface area contributed by atoms with Gasteiger partial charge in [0.05, 0.1) is 40.3 Å². The Balaban J connectivity index is 4.32. The molecule has 2 unspecified atom stereocenters. The van der Waals surface area contributed by atoms with Crippen LogP contribution in [0.4, 0.5) is 0 Å². The molecule has 55 heavy (non-hydrogen) atoms. The summed E-state index contributed by atoms with van der Waals surface area (Å²) < 4.78 is 17.1. The lowest BCUT2D eigenvalue weighted by Gasteiger charge is -2.34. The van der Waals surface area contributed by atoms with Crippen LogP contribution in [0.1, 0.15) is 168 Å². The highest BCUT2D eigenvalue weighted by atomic mass is 16.6. The third-order valence-corrected chi connectivity index (χ3v) is 9.42. The summed E-state index contributed by atoms with van der Waals surface area (Å²) in [6.07, 6.45) is 45.5. The van der Waals surface area contributed by atoms with E-state index in [0.29, 0.717) is 12.8 Å². The number of allylic oxidation sites excluding steroid dienone is 10. The number of carboxylic acids is 1. The molecular weight excluding hydrogens is 691 g/mol. The van der Waals surface area contributed by atoms with Crippen LogP contribution >= 0.6 is 0 Å². The van der Waals surface area contributed by atoms with E-state index < -0.39 is 18.1 Å². The van der Waals surface area contributed by atoms with Gasteiger partial charge in [-0.1, -0.05) is 145 Å². The Bertz CT molecular complexity index is 1090. The molecule has 0 spiro atoms. The topological polar surface area (TPSA) is 102 Å². The van der Waals surface area contributed by atoms with E-state index in [1.165, 1.54) is 83.5 Å². The number of esters is 2. The highest BCUT2D eigenvalue weighted by Crippen LogP contribution is 2.14. The fourth-order valence-electron chi connectivity index (χ4n) is 6.03. The molecule has 0 aliphatic heterocycles. The number of rotatable bonds is 38. The summed E-state index contributed by atoms with van der Waals surface area (Å²) in [5.74, 6) is -1.82.